The van der Waals surface area contributed by atoms with Gasteiger partial charge in [-0.3, -0.25) is 15.1 Å². The maximum atomic E-state index is 12.9. The number of methoxy groups -OCH3 is 1. The molecule has 2 heterocycles. The van der Waals surface area contributed by atoms with E-state index >= 15 is 0 Å². The first-order valence-corrected chi connectivity index (χ1v) is 9.23. The summed E-state index contributed by atoms with van der Waals surface area (Å²) < 4.78 is 16.9. The number of anilines is 1. The minimum absolute atomic E-state index is 0.133. The summed E-state index contributed by atoms with van der Waals surface area (Å²) in [6, 6.07) is 10.7. The van der Waals surface area contributed by atoms with Crippen molar-refractivity contribution in [3.8, 4) is 17.2 Å². The van der Waals surface area contributed by atoms with Crippen LogP contribution in [0, 0.1) is 5.41 Å². The van der Waals surface area contributed by atoms with E-state index < -0.39 is 0 Å². The molecule has 2 aromatic rings. The van der Waals surface area contributed by atoms with Gasteiger partial charge in [0, 0.05) is 16.1 Å². The topological polar surface area (TPSA) is 71.8 Å². The van der Waals surface area contributed by atoms with Crippen molar-refractivity contribution in [2.75, 3.05) is 18.8 Å². The van der Waals surface area contributed by atoms with Crippen LogP contribution in [0.5, 0.6) is 17.2 Å². The predicted octanol–water partition coefficient (Wildman–Crippen LogP) is 4.24. The Labute approximate surface area is 162 Å². The van der Waals surface area contributed by atoms with Crippen LogP contribution in [0.1, 0.15) is 5.56 Å². The minimum Gasteiger partial charge on any atom is -0.496 e. The molecule has 4 rings (SSSR count). The van der Waals surface area contributed by atoms with Crippen LogP contribution in [0.3, 0.4) is 0 Å². The molecule has 0 unspecified atom stereocenters. The van der Waals surface area contributed by atoms with E-state index in [0.29, 0.717) is 27.8 Å². The Kier molecular flexibility index (Phi) is 4.37. The van der Waals surface area contributed by atoms with Crippen molar-refractivity contribution in [1.82, 2.24) is 0 Å². The zero-order valence-corrected chi connectivity index (χ0v) is 16.0. The molecule has 0 spiro atoms. The molecule has 132 valence electrons. The van der Waals surface area contributed by atoms with Gasteiger partial charge in [-0.25, -0.2) is 0 Å². The van der Waals surface area contributed by atoms with Gasteiger partial charge in [0.05, 0.1) is 17.7 Å². The number of nitrogens with one attached hydrogen (secondary N) is 1. The number of carbonyl (C=O) groups excluding carboxylic acids is 1. The zero-order chi connectivity index (χ0) is 18.3. The van der Waals surface area contributed by atoms with Gasteiger partial charge < -0.3 is 14.2 Å². The van der Waals surface area contributed by atoms with Crippen LogP contribution >= 0.6 is 27.7 Å². The fraction of sp³-hybridized carbons (Fsp3) is 0.111. The van der Waals surface area contributed by atoms with Gasteiger partial charge in [0.1, 0.15) is 5.75 Å². The average Bonchev–Trinajstić information content (AvgIpc) is 3.19. The van der Waals surface area contributed by atoms with Crippen LogP contribution in [-0.2, 0) is 4.79 Å². The second-order valence-corrected chi connectivity index (χ2v) is 7.43. The molecule has 2 aliphatic heterocycles. The van der Waals surface area contributed by atoms with E-state index in [4.69, 9.17) is 19.6 Å². The van der Waals surface area contributed by atoms with Crippen LogP contribution in [0.15, 0.2) is 45.8 Å². The fourth-order valence-electron chi connectivity index (χ4n) is 2.71. The third-order valence-electron chi connectivity index (χ3n) is 3.92. The largest absolute Gasteiger partial charge is 0.496 e. The lowest BCUT2D eigenvalue weighted by atomic mass is 10.2. The summed E-state index contributed by atoms with van der Waals surface area (Å²) in [7, 11) is 1.58. The quantitative estimate of drug-likeness (QED) is 0.734. The summed E-state index contributed by atoms with van der Waals surface area (Å²) in [5, 5.41) is 8.36. The van der Waals surface area contributed by atoms with Crippen LogP contribution in [0.25, 0.3) is 6.08 Å². The maximum absolute atomic E-state index is 12.9. The Balaban J connectivity index is 1.69. The van der Waals surface area contributed by atoms with E-state index in [1.807, 2.05) is 18.2 Å². The van der Waals surface area contributed by atoms with Crippen molar-refractivity contribution >= 4 is 50.5 Å². The Hall–Kier alpha value is -2.45. The summed E-state index contributed by atoms with van der Waals surface area (Å²) in [6.07, 6.45) is 1.73. The number of hydrogen-bond acceptors (Lipinski definition) is 6. The normalized spacial score (nSPS) is 17.3. The molecule has 1 amide bonds. The lowest BCUT2D eigenvalue weighted by Crippen LogP contribution is -2.28. The summed E-state index contributed by atoms with van der Waals surface area (Å²) in [4.78, 5) is 14.7. The molecule has 0 aliphatic carbocycles. The van der Waals surface area contributed by atoms with Crippen molar-refractivity contribution in [1.29, 1.82) is 5.41 Å². The first kappa shape index (κ1) is 17.0. The molecule has 6 nitrogen and oxygen atoms in total. The van der Waals surface area contributed by atoms with Gasteiger partial charge in [0.15, 0.2) is 16.7 Å². The fourth-order valence-corrected chi connectivity index (χ4v) is 3.94. The second-order valence-electron chi connectivity index (χ2n) is 5.48. The van der Waals surface area contributed by atoms with E-state index in [0.717, 1.165) is 21.8 Å². The van der Waals surface area contributed by atoms with Crippen molar-refractivity contribution in [3.63, 3.8) is 0 Å². The van der Waals surface area contributed by atoms with Crippen LogP contribution in [-0.4, -0.2) is 25.0 Å². The van der Waals surface area contributed by atoms with E-state index in [1.165, 1.54) is 4.90 Å². The van der Waals surface area contributed by atoms with Crippen LogP contribution in [0.2, 0.25) is 0 Å². The molecule has 0 atom stereocenters. The molecule has 8 heteroatoms. The maximum Gasteiger partial charge on any atom is 0.271 e. The van der Waals surface area contributed by atoms with E-state index in [1.54, 1.807) is 31.4 Å². The van der Waals surface area contributed by atoms with Crippen molar-refractivity contribution < 1.29 is 19.0 Å². The summed E-state index contributed by atoms with van der Waals surface area (Å²) >= 11 is 4.53. The van der Waals surface area contributed by atoms with Crippen LogP contribution < -0.4 is 19.1 Å². The molecule has 0 radical (unpaired) electrons. The Morgan fingerprint density at radius 1 is 1.23 bits per heavy atom. The number of fused-ring (bicyclic) bond motifs is 1. The smallest absolute Gasteiger partial charge is 0.271 e. The summed E-state index contributed by atoms with van der Waals surface area (Å²) in [6.45, 7) is 0.159. The van der Waals surface area contributed by atoms with Crippen molar-refractivity contribution in [2.45, 2.75) is 0 Å². The van der Waals surface area contributed by atoms with Crippen molar-refractivity contribution in [3.05, 3.63) is 51.3 Å². The Morgan fingerprint density at radius 3 is 2.85 bits per heavy atom. The number of ether oxygens (including phenoxy) is 3. The second kappa shape index (κ2) is 6.69. The highest BCUT2D eigenvalue weighted by molar-refractivity contribution is 9.10. The zero-order valence-electron chi connectivity index (χ0n) is 13.6. The molecular weight excluding hydrogens is 420 g/mol. The molecule has 2 aliphatic rings. The average molecular weight is 433 g/mol. The van der Waals surface area contributed by atoms with Gasteiger partial charge in [-0.15, -0.1) is 0 Å². The number of hydrogen-bond donors (Lipinski definition) is 1. The van der Waals surface area contributed by atoms with E-state index in [9.17, 15) is 4.79 Å². The van der Waals surface area contributed by atoms with Gasteiger partial charge in [-0.05, 0) is 48.2 Å². The number of rotatable bonds is 3. The third kappa shape index (κ3) is 2.95. The van der Waals surface area contributed by atoms with E-state index in [2.05, 4.69) is 15.9 Å². The molecule has 0 saturated carbocycles. The number of carbonyl (C=O) groups is 1. The van der Waals surface area contributed by atoms with Gasteiger partial charge in [0.2, 0.25) is 6.79 Å². The number of halogens is 1. The Bertz CT molecular complexity index is 960. The molecule has 0 bridgehead atoms. The third-order valence-corrected chi connectivity index (χ3v) is 5.30. The number of nitrogens with zero attached hydrogens (tertiary/aromatic N) is 1. The number of thioether (sulfide) groups is 1. The first-order chi connectivity index (χ1) is 12.6. The molecule has 1 fully saturated rings. The highest BCUT2D eigenvalue weighted by Crippen LogP contribution is 2.41. The summed E-state index contributed by atoms with van der Waals surface area (Å²) in [5.74, 6) is 1.59. The van der Waals surface area contributed by atoms with Gasteiger partial charge >= 0.3 is 0 Å². The lowest BCUT2D eigenvalue weighted by Gasteiger charge is -2.14. The molecule has 1 N–H and O–H groups in total. The lowest BCUT2D eigenvalue weighted by molar-refractivity contribution is -0.113. The molecular formula is C18H13BrN2O4S. The van der Waals surface area contributed by atoms with Crippen LogP contribution in [0.4, 0.5) is 5.69 Å². The number of amides is 1. The first-order valence-electron chi connectivity index (χ1n) is 7.62. The minimum atomic E-state index is -0.263. The highest BCUT2D eigenvalue weighted by Gasteiger charge is 2.34. The number of amidine groups is 1. The molecule has 26 heavy (non-hydrogen) atoms. The highest BCUT2D eigenvalue weighted by atomic mass is 79.9. The predicted molar refractivity (Wildman–Crippen MR) is 104 cm³/mol. The monoisotopic (exact) mass is 432 g/mol. The standard InChI is InChI=1S/C18H13BrN2O4S/c1-23-13-4-2-11(19)6-10(13)7-16-17(22)21(18(20)26-16)12-3-5-14-15(8-12)25-9-24-14/h2-8,20H,9H2,1H3/b16-7+,20-18?. The van der Waals surface area contributed by atoms with Crippen molar-refractivity contribution in [2.24, 2.45) is 0 Å². The number of benzene rings is 2. The summed E-state index contributed by atoms with van der Waals surface area (Å²) in [5.41, 5.74) is 1.33. The van der Waals surface area contributed by atoms with Gasteiger partial charge in [0.25, 0.3) is 5.91 Å². The van der Waals surface area contributed by atoms with Gasteiger partial charge in [-0.2, -0.15) is 0 Å². The van der Waals surface area contributed by atoms with Gasteiger partial charge in [-0.1, -0.05) is 15.9 Å². The molecule has 1 saturated heterocycles. The van der Waals surface area contributed by atoms with E-state index in [-0.39, 0.29) is 17.9 Å². The molecule has 2 aromatic carbocycles. The Morgan fingerprint density at radius 2 is 2.04 bits per heavy atom. The molecule has 0 aromatic heterocycles. The SMILES string of the molecule is COc1ccc(Br)cc1/C=C1/SC(=N)N(c2ccc3c(c2)OCO3)C1=O.